The van der Waals surface area contributed by atoms with Crippen molar-refractivity contribution in [1.82, 2.24) is 4.90 Å². The van der Waals surface area contributed by atoms with E-state index in [1.807, 2.05) is 12.1 Å². The fourth-order valence-electron chi connectivity index (χ4n) is 2.75. The summed E-state index contributed by atoms with van der Waals surface area (Å²) in [5, 5.41) is 0. The summed E-state index contributed by atoms with van der Waals surface area (Å²) < 4.78 is 5.83. The quantitative estimate of drug-likeness (QED) is 0.885. The van der Waals surface area contributed by atoms with Crippen LogP contribution in [0.1, 0.15) is 25.3 Å². The Bertz CT molecular complexity index is 394. The first-order valence-electron chi connectivity index (χ1n) is 7.32. The molecular weight excluding hydrogens is 236 g/mol. The summed E-state index contributed by atoms with van der Waals surface area (Å²) in [5.41, 5.74) is 7.03. The minimum absolute atomic E-state index is 0.656. The number of hydrogen-bond acceptors (Lipinski definition) is 3. The zero-order chi connectivity index (χ0) is 13.7. The molecule has 0 saturated carbocycles. The molecule has 0 amide bonds. The lowest BCUT2D eigenvalue weighted by molar-refractivity contribution is 0.102. The second-order valence-electron chi connectivity index (χ2n) is 5.69. The van der Waals surface area contributed by atoms with Crippen LogP contribution < -0.4 is 10.5 Å². The highest BCUT2D eigenvalue weighted by molar-refractivity contribution is 5.27. The summed E-state index contributed by atoms with van der Waals surface area (Å²) >= 11 is 0. The molecule has 0 aromatic heterocycles. The molecule has 3 nitrogen and oxygen atoms in total. The predicted octanol–water partition coefficient (Wildman–Crippen LogP) is 2.43. The van der Waals surface area contributed by atoms with Crippen LogP contribution in [-0.2, 0) is 0 Å². The molecule has 0 bridgehead atoms. The number of nitrogens with two attached hydrogens (primary N) is 1. The van der Waals surface area contributed by atoms with Crippen LogP contribution in [0.3, 0.4) is 0 Å². The number of piperidine rings is 1. The second kappa shape index (κ2) is 6.92. The minimum atomic E-state index is 0.656. The molecule has 2 unspecified atom stereocenters. The lowest BCUT2D eigenvalue weighted by Gasteiger charge is -2.37. The summed E-state index contributed by atoms with van der Waals surface area (Å²) in [4.78, 5) is 2.51. The smallest absolute Gasteiger partial charge is 0.119 e. The fraction of sp³-hybridized carbons (Fsp3) is 0.625. The maximum absolute atomic E-state index is 5.83. The highest BCUT2D eigenvalue weighted by atomic mass is 16.5. The van der Waals surface area contributed by atoms with E-state index in [-0.39, 0.29) is 0 Å². The van der Waals surface area contributed by atoms with Gasteiger partial charge in [-0.15, -0.1) is 0 Å². The Kier molecular flexibility index (Phi) is 5.23. The van der Waals surface area contributed by atoms with Gasteiger partial charge in [0.2, 0.25) is 0 Å². The van der Waals surface area contributed by atoms with Gasteiger partial charge in [-0.25, -0.2) is 0 Å². The Balaban J connectivity index is 1.78. The van der Waals surface area contributed by atoms with Crippen molar-refractivity contribution in [2.24, 2.45) is 11.7 Å². The molecule has 1 fully saturated rings. The molecule has 2 atom stereocenters. The van der Waals surface area contributed by atoms with E-state index in [9.17, 15) is 0 Å². The van der Waals surface area contributed by atoms with Crippen LogP contribution in [0.25, 0.3) is 0 Å². The first-order valence-corrected chi connectivity index (χ1v) is 7.32. The first kappa shape index (κ1) is 14.4. The van der Waals surface area contributed by atoms with Crippen LogP contribution in [0, 0.1) is 12.8 Å². The maximum atomic E-state index is 5.83. The highest BCUT2D eigenvalue weighted by Crippen LogP contribution is 2.21. The number of ether oxygens (including phenoxy) is 1. The Morgan fingerprint density at radius 1 is 1.37 bits per heavy atom. The van der Waals surface area contributed by atoms with Gasteiger partial charge in [-0.2, -0.15) is 0 Å². The van der Waals surface area contributed by atoms with Crippen molar-refractivity contribution in [3.05, 3.63) is 29.8 Å². The van der Waals surface area contributed by atoms with E-state index >= 15 is 0 Å². The van der Waals surface area contributed by atoms with Crippen molar-refractivity contribution in [3.8, 4) is 5.75 Å². The van der Waals surface area contributed by atoms with E-state index in [0.29, 0.717) is 12.0 Å². The molecule has 1 aromatic rings. The topological polar surface area (TPSA) is 38.5 Å². The van der Waals surface area contributed by atoms with Crippen molar-refractivity contribution in [3.63, 3.8) is 0 Å². The Morgan fingerprint density at radius 2 is 2.21 bits per heavy atom. The summed E-state index contributed by atoms with van der Waals surface area (Å²) in [6.07, 6.45) is 2.53. The number of benzene rings is 1. The third-order valence-corrected chi connectivity index (χ3v) is 4.08. The molecule has 2 N–H and O–H groups in total. The summed E-state index contributed by atoms with van der Waals surface area (Å²) in [6.45, 7) is 8.07. The molecule has 3 heteroatoms. The lowest BCUT2D eigenvalue weighted by Crippen LogP contribution is -2.45. The lowest BCUT2D eigenvalue weighted by atomic mass is 9.94. The Morgan fingerprint density at radius 3 is 2.95 bits per heavy atom. The van der Waals surface area contributed by atoms with E-state index in [0.717, 1.165) is 32.0 Å². The van der Waals surface area contributed by atoms with Crippen molar-refractivity contribution in [2.45, 2.75) is 32.7 Å². The molecule has 2 rings (SSSR count). The third kappa shape index (κ3) is 4.22. The van der Waals surface area contributed by atoms with E-state index in [1.165, 1.54) is 18.4 Å². The van der Waals surface area contributed by atoms with Crippen LogP contribution in [0.5, 0.6) is 5.75 Å². The minimum Gasteiger partial charge on any atom is -0.492 e. The number of nitrogens with zero attached hydrogens (tertiary/aromatic N) is 1. The van der Waals surface area contributed by atoms with Crippen LogP contribution >= 0.6 is 0 Å². The maximum Gasteiger partial charge on any atom is 0.119 e. The summed E-state index contributed by atoms with van der Waals surface area (Å²) in [7, 11) is 0. The van der Waals surface area contributed by atoms with E-state index < -0.39 is 0 Å². The molecule has 106 valence electrons. The molecule has 1 aliphatic rings. The summed E-state index contributed by atoms with van der Waals surface area (Å²) in [6, 6.07) is 8.89. The fourth-order valence-corrected chi connectivity index (χ4v) is 2.75. The van der Waals surface area contributed by atoms with Crippen molar-refractivity contribution < 1.29 is 4.74 Å². The van der Waals surface area contributed by atoms with Crippen molar-refractivity contribution >= 4 is 0 Å². The van der Waals surface area contributed by atoms with Gasteiger partial charge in [-0.1, -0.05) is 12.1 Å². The second-order valence-corrected chi connectivity index (χ2v) is 5.69. The van der Waals surface area contributed by atoms with Gasteiger partial charge in [-0.05, 0) is 56.8 Å². The molecular formula is C16H26N2O. The van der Waals surface area contributed by atoms with Crippen LogP contribution in [-0.4, -0.2) is 37.2 Å². The normalized spacial score (nSPS) is 24.4. The van der Waals surface area contributed by atoms with Gasteiger partial charge in [-0.3, -0.25) is 4.90 Å². The Hall–Kier alpha value is -1.06. The summed E-state index contributed by atoms with van der Waals surface area (Å²) in [5.74, 6) is 1.63. The van der Waals surface area contributed by atoms with Crippen LogP contribution in [0.2, 0.25) is 0 Å². The van der Waals surface area contributed by atoms with Gasteiger partial charge >= 0.3 is 0 Å². The molecule has 1 aromatic carbocycles. The monoisotopic (exact) mass is 262 g/mol. The molecule has 0 spiro atoms. The van der Waals surface area contributed by atoms with Gasteiger partial charge in [0.25, 0.3) is 0 Å². The van der Waals surface area contributed by atoms with Gasteiger partial charge < -0.3 is 10.5 Å². The zero-order valence-corrected chi connectivity index (χ0v) is 12.1. The van der Waals surface area contributed by atoms with Gasteiger partial charge in [0.1, 0.15) is 12.4 Å². The average Bonchev–Trinajstić information content (AvgIpc) is 2.41. The Labute approximate surface area is 116 Å². The third-order valence-electron chi connectivity index (χ3n) is 4.08. The van der Waals surface area contributed by atoms with E-state index in [1.54, 1.807) is 0 Å². The van der Waals surface area contributed by atoms with Crippen LogP contribution in [0.15, 0.2) is 24.3 Å². The van der Waals surface area contributed by atoms with Crippen LogP contribution in [0.4, 0.5) is 0 Å². The largest absolute Gasteiger partial charge is 0.492 e. The number of hydrogen-bond donors (Lipinski definition) is 1. The average molecular weight is 262 g/mol. The molecule has 1 aliphatic heterocycles. The standard InChI is InChI=1S/C16H26N2O/c1-13-4-3-5-16(10-13)19-9-8-18-12-15(11-17)7-6-14(18)2/h3-5,10,14-15H,6-9,11-12,17H2,1-2H3. The van der Waals surface area contributed by atoms with Gasteiger partial charge in [0, 0.05) is 19.1 Å². The van der Waals surface area contributed by atoms with E-state index in [4.69, 9.17) is 10.5 Å². The SMILES string of the molecule is Cc1cccc(OCCN2CC(CN)CCC2C)c1. The molecule has 1 heterocycles. The van der Waals surface area contributed by atoms with Gasteiger partial charge in [0.15, 0.2) is 0 Å². The zero-order valence-electron chi connectivity index (χ0n) is 12.1. The highest BCUT2D eigenvalue weighted by Gasteiger charge is 2.24. The molecule has 0 radical (unpaired) electrons. The van der Waals surface area contributed by atoms with E-state index in [2.05, 4.69) is 30.9 Å². The molecule has 0 aliphatic carbocycles. The van der Waals surface area contributed by atoms with Gasteiger partial charge in [0.05, 0.1) is 0 Å². The number of aryl methyl sites for hydroxylation is 1. The number of likely N-dealkylation sites (tertiary alicyclic amines) is 1. The number of rotatable bonds is 5. The molecule has 19 heavy (non-hydrogen) atoms. The molecule has 1 saturated heterocycles. The van der Waals surface area contributed by atoms with Crippen molar-refractivity contribution in [1.29, 1.82) is 0 Å². The first-order chi connectivity index (χ1) is 9.19. The predicted molar refractivity (Wildman–Crippen MR) is 79.5 cm³/mol. The van der Waals surface area contributed by atoms with Crippen molar-refractivity contribution in [2.75, 3.05) is 26.2 Å².